The second-order valence-corrected chi connectivity index (χ2v) is 4.12. The fraction of sp³-hybridized carbons (Fsp3) is 0.133. The first-order chi connectivity index (χ1) is 9.65. The summed E-state index contributed by atoms with van der Waals surface area (Å²) < 4.78 is 10.3. The number of carbonyl (C=O) groups excluding carboxylic acids is 1. The van der Waals surface area contributed by atoms with Gasteiger partial charge in [0.2, 0.25) is 0 Å². The van der Waals surface area contributed by atoms with Crippen LogP contribution in [0.1, 0.15) is 15.9 Å². The largest absolute Gasteiger partial charge is 0.465 e. The lowest BCUT2D eigenvalue weighted by atomic mass is 10.1. The van der Waals surface area contributed by atoms with E-state index in [9.17, 15) is 4.79 Å². The Balaban J connectivity index is 2.31. The van der Waals surface area contributed by atoms with Gasteiger partial charge in [-0.1, -0.05) is 18.2 Å². The Kier molecular flexibility index (Phi) is 4.22. The van der Waals surface area contributed by atoms with Crippen LogP contribution in [0.2, 0.25) is 0 Å². The highest BCUT2D eigenvalue weighted by Crippen LogP contribution is 2.30. The van der Waals surface area contributed by atoms with Gasteiger partial charge < -0.3 is 20.3 Å². The summed E-state index contributed by atoms with van der Waals surface area (Å²) in [5.74, 6) is 0.380. The Hall–Kier alpha value is -2.53. The van der Waals surface area contributed by atoms with Crippen molar-refractivity contribution >= 4 is 11.7 Å². The van der Waals surface area contributed by atoms with E-state index >= 15 is 0 Å². The molecule has 0 radical (unpaired) electrons. The van der Waals surface area contributed by atoms with E-state index in [1.807, 2.05) is 0 Å². The van der Waals surface area contributed by atoms with Crippen LogP contribution in [0.4, 0.5) is 5.69 Å². The van der Waals surface area contributed by atoms with Crippen LogP contribution in [0, 0.1) is 0 Å². The average molecular weight is 273 g/mol. The SMILES string of the molecule is COC(=O)c1cccc(Oc2cccc(CO)c2)c1N. The average Bonchev–Trinajstić information content (AvgIpc) is 2.49. The van der Waals surface area contributed by atoms with Gasteiger partial charge in [0, 0.05) is 0 Å². The maximum absolute atomic E-state index is 11.5. The summed E-state index contributed by atoms with van der Waals surface area (Å²) in [4.78, 5) is 11.5. The number of hydrogen-bond acceptors (Lipinski definition) is 5. The molecule has 2 aromatic rings. The van der Waals surface area contributed by atoms with Gasteiger partial charge in [0.1, 0.15) is 5.75 Å². The molecule has 3 N–H and O–H groups in total. The molecular formula is C15H15NO4. The standard InChI is InChI=1S/C15H15NO4/c1-19-15(18)12-6-3-7-13(14(12)16)20-11-5-2-4-10(8-11)9-17/h2-8,17H,9,16H2,1H3. The molecule has 0 fully saturated rings. The van der Waals surface area contributed by atoms with Gasteiger partial charge >= 0.3 is 5.97 Å². The number of aliphatic hydroxyl groups is 1. The molecule has 0 atom stereocenters. The summed E-state index contributed by atoms with van der Waals surface area (Å²) in [6.45, 7) is -0.0745. The molecule has 0 heterocycles. The van der Waals surface area contributed by atoms with Crippen molar-refractivity contribution in [2.45, 2.75) is 6.61 Å². The van der Waals surface area contributed by atoms with Crippen LogP contribution in [-0.4, -0.2) is 18.2 Å². The second kappa shape index (κ2) is 6.08. The van der Waals surface area contributed by atoms with E-state index in [-0.39, 0.29) is 17.9 Å². The molecule has 2 aromatic carbocycles. The summed E-state index contributed by atoms with van der Waals surface area (Å²) >= 11 is 0. The molecule has 2 rings (SSSR count). The number of nitrogen functional groups attached to an aromatic ring is 1. The molecule has 0 saturated heterocycles. The molecule has 104 valence electrons. The highest BCUT2D eigenvalue weighted by molar-refractivity contribution is 5.96. The lowest BCUT2D eigenvalue weighted by Crippen LogP contribution is -2.06. The van der Waals surface area contributed by atoms with E-state index in [0.29, 0.717) is 11.5 Å². The van der Waals surface area contributed by atoms with E-state index < -0.39 is 5.97 Å². The van der Waals surface area contributed by atoms with Gasteiger partial charge in [0.15, 0.2) is 5.75 Å². The van der Waals surface area contributed by atoms with E-state index in [2.05, 4.69) is 4.74 Å². The molecule has 0 unspecified atom stereocenters. The highest BCUT2D eigenvalue weighted by atomic mass is 16.5. The minimum absolute atomic E-state index is 0.0745. The van der Waals surface area contributed by atoms with Crippen LogP contribution in [0.25, 0.3) is 0 Å². The van der Waals surface area contributed by atoms with Gasteiger partial charge in [-0.25, -0.2) is 4.79 Å². The number of esters is 1. The molecular weight excluding hydrogens is 258 g/mol. The molecule has 0 bridgehead atoms. The van der Waals surface area contributed by atoms with Crippen LogP contribution >= 0.6 is 0 Å². The zero-order chi connectivity index (χ0) is 14.5. The number of benzene rings is 2. The fourth-order valence-corrected chi connectivity index (χ4v) is 1.76. The monoisotopic (exact) mass is 273 g/mol. The molecule has 5 nitrogen and oxygen atoms in total. The van der Waals surface area contributed by atoms with Crippen molar-refractivity contribution in [3.8, 4) is 11.5 Å². The Bertz CT molecular complexity index is 625. The van der Waals surface area contributed by atoms with E-state index in [1.54, 1.807) is 42.5 Å². The molecule has 20 heavy (non-hydrogen) atoms. The first-order valence-corrected chi connectivity index (χ1v) is 6.00. The molecule has 5 heteroatoms. The number of anilines is 1. The summed E-state index contributed by atoms with van der Waals surface area (Å²) in [6, 6.07) is 11.9. The van der Waals surface area contributed by atoms with Crippen LogP contribution in [0.5, 0.6) is 11.5 Å². The molecule has 0 amide bonds. The molecule has 0 saturated carbocycles. The van der Waals surface area contributed by atoms with E-state index in [4.69, 9.17) is 15.6 Å². The van der Waals surface area contributed by atoms with Crippen LogP contribution in [-0.2, 0) is 11.3 Å². The quantitative estimate of drug-likeness (QED) is 0.660. The minimum atomic E-state index is -0.517. The summed E-state index contributed by atoms with van der Waals surface area (Å²) in [6.07, 6.45) is 0. The highest BCUT2D eigenvalue weighted by Gasteiger charge is 2.14. The third-order valence-corrected chi connectivity index (χ3v) is 2.78. The van der Waals surface area contributed by atoms with Crippen LogP contribution in [0.3, 0.4) is 0 Å². The number of nitrogens with two attached hydrogens (primary N) is 1. The topological polar surface area (TPSA) is 81.8 Å². The Morgan fingerprint density at radius 3 is 2.70 bits per heavy atom. The van der Waals surface area contributed by atoms with Gasteiger partial charge in [-0.3, -0.25) is 0 Å². The third kappa shape index (κ3) is 2.89. The Labute approximate surface area is 116 Å². The first-order valence-electron chi connectivity index (χ1n) is 6.00. The Morgan fingerprint density at radius 1 is 1.25 bits per heavy atom. The molecule has 0 aliphatic rings. The smallest absolute Gasteiger partial charge is 0.340 e. The number of hydrogen-bond donors (Lipinski definition) is 2. The Morgan fingerprint density at radius 2 is 2.00 bits per heavy atom. The van der Waals surface area contributed by atoms with Gasteiger partial charge in [0.05, 0.1) is 25.0 Å². The number of carbonyl (C=O) groups is 1. The third-order valence-electron chi connectivity index (χ3n) is 2.78. The van der Waals surface area contributed by atoms with Crippen molar-refractivity contribution < 1.29 is 19.4 Å². The van der Waals surface area contributed by atoms with Crippen molar-refractivity contribution in [2.75, 3.05) is 12.8 Å². The van der Waals surface area contributed by atoms with Crippen molar-refractivity contribution in [3.63, 3.8) is 0 Å². The van der Waals surface area contributed by atoms with Crippen LogP contribution in [0.15, 0.2) is 42.5 Å². The number of aliphatic hydroxyl groups excluding tert-OH is 1. The predicted molar refractivity (Wildman–Crippen MR) is 74.6 cm³/mol. The predicted octanol–water partition coefficient (Wildman–Crippen LogP) is 2.34. The second-order valence-electron chi connectivity index (χ2n) is 4.12. The van der Waals surface area contributed by atoms with Crippen molar-refractivity contribution in [3.05, 3.63) is 53.6 Å². The summed E-state index contributed by atoms with van der Waals surface area (Å²) in [5, 5.41) is 9.09. The van der Waals surface area contributed by atoms with Gasteiger partial charge in [-0.15, -0.1) is 0 Å². The number of methoxy groups -OCH3 is 1. The van der Waals surface area contributed by atoms with Crippen molar-refractivity contribution in [1.82, 2.24) is 0 Å². The molecule has 0 spiro atoms. The van der Waals surface area contributed by atoms with E-state index in [0.717, 1.165) is 5.56 Å². The number of rotatable bonds is 4. The zero-order valence-corrected chi connectivity index (χ0v) is 11.0. The molecule has 0 aromatic heterocycles. The van der Waals surface area contributed by atoms with Crippen molar-refractivity contribution in [1.29, 1.82) is 0 Å². The van der Waals surface area contributed by atoms with E-state index in [1.165, 1.54) is 7.11 Å². The number of para-hydroxylation sites is 1. The molecule has 0 aliphatic heterocycles. The normalized spacial score (nSPS) is 10.1. The maximum atomic E-state index is 11.5. The minimum Gasteiger partial charge on any atom is -0.465 e. The van der Waals surface area contributed by atoms with Gasteiger partial charge in [-0.2, -0.15) is 0 Å². The van der Waals surface area contributed by atoms with Crippen molar-refractivity contribution in [2.24, 2.45) is 0 Å². The molecule has 0 aliphatic carbocycles. The summed E-state index contributed by atoms with van der Waals surface area (Å²) in [5.41, 5.74) is 7.10. The zero-order valence-electron chi connectivity index (χ0n) is 11.0. The van der Waals surface area contributed by atoms with Crippen LogP contribution < -0.4 is 10.5 Å². The van der Waals surface area contributed by atoms with Gasteiger partial charge in [0.25, 0.3) is 0 Å². The fourth-order valence-electron chi connectivity index (χ4n) is 1.76. The first kappa shape index (κ1) is 13.9. The van der Waals surface area contributed by atoms with Gasteiger partial charge in [-0.05, 0) is 29.8 Å². The lowest BCUT2D eigenvalue weighted by Gasteiger charge is -2.11. The lowest BCUT2D eigenvalue weighted by molar-refractivity contribution is 0.0601. The summed E-state index contributed by atoms with van der Waals surface area (Å²) in [7, 11) is 1.29. The maximum Gasteiger partial charge on any atom is 0.340 e. The number of ether oxygens (including phenoxy) is 2.